The van der Waals surface area contributed by atoms with Gasteiger partial charge in [-0.1, -0.05) is 18.6 Å². The molecule has 3 aliphatic carbocycles. The van der Waals surface area contributed by atoms with Crippen molar-refractivity contribution in [3.05, 3.63) is 11.6 Å². The molecule has 1 nitrogen and oxygen atoms in total. The molecule has 0 saturated heterocycles. The monoisotopic (exact) mass is 178 g/mol. The molecule has 2 bridgehead atoms. The van der Waals surface area contributed by atoms with E-state index in [1.165, 1.54) is 12.8 Å². The Morgan fingerprint density at radius 2 is 2.08 bits per heavy atom. The fourth-order valence-corrected chi connectivity index (χ4v) is 4.27. The van der Waals surface area contributed by atoms with Crippen molar-refractivity contribution >= 4 is 0 Å². The van der Waals surface area contributed by atoms with Crippen LogP contribution < -0.4 is 0 Å². The highest BCUT2D eigenvalue weighted by Crippen LogP contribution is 2.60. The van der Waals surface area contributed by atoms with Crippen molar-refractivity contribution in [2.24, 2.45) is 29.6 Å². The van der Waals surface area contributed by atoms with Gasteiger partial charge < -0.3 is 5.11 Å². The van der Waals surface area contributed by atoms with E-state index in [0.717, 1.165) is 17.8 Å². The molecule has 0 aromatic carbocycles. The van der Waals surface area contributed by atoms with Crippen LogP contribution >= 0.6 is 0 Å². The largest absolute Gasteiger partial charge is 0.393 e. The highest BCUT2D eigenvalue weighted by molar-refractivity contribution is 5.22. The van der Waals surface area contributed by atoms with Gasteiger partial charge in [0.2, 0.25) is 0 Å². The van der Waals surface area contributed by atoms with E-state index in [1.807, 2.05) is 0 Å². The van der Waals surface area contributed by atoms with Gasteiger partial charge in [0.05, 0.1) is 6.10 Å². The van der Waals surface area contributed by atoms with Crippen LogP contribution in [0.5, 0.6) is 0 Å². The van der Waals surface area contributed by atoms with Crippen LogP contribution in [-0.4, -0.2) is 11.2 Å². The van der Waals surface area contributed by atoms with E-state index < -0.39 is 0 Å². The second-order valence-electron chi connectivity index (χ2n) is 5.29. The third-order valence-electron chi connectivity index (χ3n) is 4.91. The molecule has 0 aromatic heterocycles. The summed E-state index contributed by atoms with van der Waals surface area (Å²) in [5, 5.41) is 10.0. The highest BCUT2D eigenvalue weighted by Gasteiger charge is 2.57. The molecule has 0 aromatic rings. The van der Waals surface area contributed by atoms with Gasteiger partial charge in [-0.15, -0.1) is 0 Å². The lowest BCUT2D eigenvalue weighted by Crippen LogP contribution is -2.35. The summed E-state index contributed by atoms with van der Waals surface area (Å²) in [5.41, 5.74) is 1.56. The molecule has 4 unspecified atom stereocenters. The maximum absolute atomic E-state index is 10.0. The molecule has 0 heterocycles. The lowest BCUT2D eigenvalue weighted by Gasteiger charge is -2.34. The fraction of sp³-hybridized carbons (Fsp3) is 0.833. The number of rotatable bonds is 0. The molecule has 6 atom stereocenters. The maximum atomic E-state index is 10.0. The average molecular weight is 178 g/mol. The smallest absolute Gasteiger partial charge is 0.0602 e. The van der Waals surface area contributed by atoms with Gasteiger partial charge in [-0.25, -0.2) is 0 Å². The Labute approximate surface area is 79.8 Å². The summed E-state index contributed by atoms with van der Waals surface area (Å²) < 4.78 is 0. The Kier molecular flexibility index (Phi) is 1.48. The van der Waals surface area contributed by atoms with Crippen LogP contribution in [-0.2, 0) is 0 Å². The molecule has 1 N–H and O–H groups in total. The van der Waals surface area contributed by atoms with Crippen molar-refractivity contribution < 1.29 is 5.11 Å². The van der Waals surface area contributed by atoms with E-state index in [-0.39, 0.29) is 6.10 Å². The minimum atomic E-state index is -0.00676. The SMILES string of the molecule is CC1=CCC2C1[C@H]1C[C@@H]2C(C)C1O. The molecule has 0 spiro atoms. The van der Waals surface area contributed by atoms with Crippen LogP contribution in [0.4, 0.5) is 0 Å². The molecule has 0 radical (unpaired) electrons. The standard InChI is InChI=1S/C12H18O/c1-6-3-4-8-9-5-10(11(6)8)12(13)7(9)2/h3,7-13H,4-5H2,1-2H3/t7?,8?,9-,10-,11?,12?/m1/s1. The fourth-order valence-electron chi connectivity index (χ4n) is 4.27. The number of hydrogen-bond donors (Lipinski definition) is 1. The minimum absolute atomic E-state index is 0.00676. The van der Waals surface area contributed by atoms with Gasteiger partial charge in [0.25, 0.3) is 0 Å². The molecule has 3 rings (SSSR count). The summed E-state index contributed by atoms with van der Waals surface area (Å²) in [4.78, 5) is 0. The van der Waals surface area contributed by atoms with Crippen LogP contribution in [0.2, 0.25) is 0 Å². The van der Waals surface area contributed by atoms with E-state index in [9.17, 15) is 5.11 Å². The zero-order chi connectivity index (χ0) is 9.16. The summed E-state index contributed by atoms with van der Waals surface area (Å²) in [7, 11) is 0. The third-order valence-corrected chi connectivity index (χ3v) is 4.91. The first-order valence-corrected chi connectivity index (χ1v) is 5.55. The Balaban J connectivity index is 1.96. The van der Waals surface area contributed by atoms with Crippen molar-refractivity contribution in [3.63, 3.8) is 0 Å². The first-order valence-electron chi connectivity index (χ1n) is 5.55. The molecule has 1 heteroatoms. The second kappa shape index (κ2) is 2.38. The lowest BCUT2D eigenvalue weighted by molar-refractivity contribution is 0.0263. The predicted molar refractivity (Wildman–Crippen MR) is 52.1 cm³/mol. The molecule has 3 aliphatic rings. The van der Waals surface area contributed by atoms with Crippen molar-refractivity contribution in [2.45, 2.75) is 32.8 Å². The van der Waals surface area contributed by atoms with Gasteiger partial charge >= 0.3 is 0 Å². The molecule has 72 valence electrons. The lowest BCUT2D eigenvalue weighted by atomic mass is 9.73. The Morgan fingerprint density at radius 1 is 1.31 bits per heavy atom. The van der Waals surface area contributed by atoms with Crippen molar-refractivity contribution in [1.82, 2.24) is 0 Å². The van der Waals surface area contributed by atoms with Crippen LogP contribution in [0.1, 0.15) is 26.7 Å². The van der Waals surface area contributed by atoms with E-state index in [2.05, 4.69) is 19.9 Å². The Morgan fingerprint density at radius 3 is 2.85 bits per heavy atom. The summed E-state index contributed by atoms with van der Waals surface area (Å²) in [6, 6.07) is 0. The first-order chi connectivity index (χ1) is 6.20. The molecular formula is C12H18O. The maximum Gasteiger partial charge on any atom is 0.0602 e. The van der Waals surface area contributed by atoms with Crippen LogP contribution in [0.15, 0.2) is 11.6 Å². The van der Waals surface area contributed by atoms with Crippen LogP contribution in [0.25, 0.3) is 0 Å². The molecule has 0 amide bonds. The van der Waals surface area contributed by atoms with Gasteiger partial charge in [0.1, 0.15) is 0 Å². The number of aliphatic hydroxyl groups excluding tert-OH is 1. The van der Waals surface area contributed by atoms with Crippen molar-refractivity contribution in [3.8, 4) is 0 Å². The number of aliphatic hydroxyl groups is 1. The van der Waals surface area contributed by atoms with Crippen molar-refractivity contribution in [1.29, 1.82) is 0 Å². The Bertz CT molecular complexity index is 268. The normalized spacial score (nSPS) is 58.2. The molecule has 2 saturated carbocycles. The van der Waals surface area contributed by atoms with Gasteiger partial charge in [0.15, 0.2) is 0 Å². The number of fused-ring (bicyclic) bond motifs is 5. The van der Waals surface area contributed by atoms with Crippen molar-refractivity contribution in [2.75, 3.05) is 0 Å². The van der Waals surface area contributed by atoms with Gasteiger partial charge in [-0.3, -0.25) is 0 Å². The summed E-state index contributed by atoms with van der Waals surface area (Å²) in [6.07, 6.45) is 4.98. The molecule has 2 fully saturated rings. The third kappa shape index (κ3) is 0.817. The zero-order valence-corrected chi connectivity index (χ0v) is 8.40. The Hall–Kier alpha value is -0.300. The first kappa shape index (κ1) is 8.05. The number of hydrogen-bond acceptors (Lipinski definition) is 1. The predicted octanol–water partition coefficient (Wildman–Crippen LogP) is 2.22. The summed E-state index contributed by atoms with van der Waals surface area (Å²) in [5.74, 6) is 3.62. The van der Waals surface area contributed by atoms with E-state index in [0.29, 0.717) is 11.8 Å². The van der Waals surface area contributed by atoms with E-state index >= 15 is 0 Å². The second-order valence-corrected chi connectivity index (χ2v) is 5.29. The summed E-state index contributed by atoms with van der Waals surface area (Å²) >= 11 is 0. The molecular weight excluding hydrogens is 160 g/mol. The van der Waals surface area contributed by atoms with Gasteiger partial charge in [-0.05, 0) is 49.4 Å². The summed E-state index contributed by atoms with van der Waals surface area (Å²) in [6.45, 7) is 4.49. The van der Waals surface area contributed by atoms with E-state index in [4.69, 9.17) is 0 Å². The number of allylic oxidation sites excluding steroid dienone is 2. The topological polar surface area (TPSA) is 20.2 Å². The highest BCUT2D eigenvalue weighted by atomic mass is 16.3. The molecule has 0 aliphatic heterocycles. The minimum Gasteiger partial charge on any atom is -0.393 e. The van der Waals surface area contributed by atoms with E-state index in [1.54, 1.807) is 5.57 Å². The quantitative estimate of drug-likeness (QED) is 0.564. The van der Waals surface area contributed by atoms with Gasteiger partial charge in [-0.2, -0.15) is 0 Å². The van der Waals surface area contributed by atoms with Gasteiger partial charge in [0, 0.05) is 0 Å². The van der Waals surface area contributed by atoms with Crippen LogP contribution in [0.3, 0.4) is 0 Å². The zero-order valence-electron chi connectivity index (χ0n) is 8.40. The average Bonchev–Trinajstić information content (AvgIpc) is 2.70. The van der Waals surface area contributed by atoms with Crippen LogP contribution in [0, 0.1) is 29.6 Å². The molecule has 13 heavy (non-hydrogen) atoms.